The molecular weight excluding hydrogens is 997 g/mol. The van der Waals surface area contributed by atoms with Crippen LogP contribution >= 0.6 is 0 Å². The molecule has 0 aromatic rings. The molecule has 6 heteroatoms. The Hall–Kier alpha value is -2.89. The molecule has 0 rings (SSSR count). The van der Waals surface area contributed by atoms with Crippen molar-refractivity contribution >= 4 is 17.9 Å². The number of allylic oxidation sites excluding steroid dienone is 10. The van der Waals surface area contributed by atoms with E-state index in [0.717, 1.165) is 89.9 Å². The average Bonchev–Trinajstić information content (AvgIpc) is 3.47. The van der Waals surface area contributed by atoms with Crippen LogP contribution in [0.25, 0.3) is 0 Å². The van der Waals surface area contributed by atoms with Gasteiger partial charge in [-0.1, -0.05) is 358 Å². The van der Waals surface area contributed by atoms with Crippen LogP contribution in [0.4, 0.5) is 0 Å². The summed E-state index contributed by atoms with van der Waals surface area (Å²) in [6.45, 7) is 6.60. The van der Waals surface area contributed by atoms with Crippen molar-refractivity contribution in [3.63, 3.8) is 0 Å². The first-order valence-electron chi connectivity index (χ1n) is 35.8. The summed E-state index contributed by atoms with van der Waals surface area (Å²) >= 11 is 0. The highest BCUT2D eigenvalue weighted by Crippen LogP contribution is 2.18. The molecule has 0 fully saturated rings. The fourth-order valence-corrected chi connectivity index (χ4v) is 10.7. The van der Waals surface area contributed by atoms with Gasteiger partial charge < -0.3 is 14.2 Å². The Balaban J connectivity index is 4.25. The molecule has 0 aromatic carbocycles. The van der Waals surface area contributed by atoms with Gasteiger partial charge in [-0.3, -0.25) is 14.4 Å². The standard InChI is InChI=1S/C75H136O6/c1-4-7-10-13-16-19-22-25-28-31-33-34-35-36-37-38-39-40-41-42-43-45-47-50-53-56-59-62-65-68-74(77)80-71-72(70-79-73(76)67-64-61-58-55-52-49-46-30-27-24-21-18-15-12-9-6-3)81-75(78)69-66-63-60-57-54-51-48-44-32-29-26-23-20-17-14-11-8-5-2/h7,10,16,19,25,28,33-34,36-37,72H,4-6,8-9,11-15,17-18,20-24,26-27,29-32,35,38-71H2,1-3H3/b10-7-,19-16-,28-25-,34-33-,37-36-. The van der Waals surface area contributed by atoms with Gasteiger partial charge in [0.05, 0.1) is 0 Å². The van der Waals surface area contributed by atoms with Crippen molar-refractivity contribution in [2.45, 2.75) is 386 Å². The first kappa shape index (κ1) is 78.1. The lowest BCUT2D eigenvalue weighted by molar-refractivity contribution is -0.167. The predicted molar refractivity (Wildman–Crippen MR) is 353 cm³/mol. The van der Waals surface area contributed by atoms with Crippen LogP contribution in [-0.4, -0.2) is 37.2 Å². The van der Waals surface area contributed by atoms with Crippen LogP contribution in [0.2, 0.25) is 0 Å². The van der Waals surface area contributed by atoms with E-state index in [4.69, 9.17) is 14.2 Å². The second-order valence-corrected chi connectivity index (χ2v) is 24.1. The number of hydrogen-bond donors (Lipinski definition) is 0. The van der Waals surface area contributed by atoms with E-state index in [1.165, 1.54) is 250 Å². The van der Waals surface area contributed by atoms with Crippen molar-refractivity contribution in [3.05, 3.63) is 60.8 Å². The van der Waals surface area contributed by atoms with Crippen molar-refractivity contribution < 1.29 is 28.6 Å². The van der Waals surface area contributed by atoms with Crippen LogP contribution in [0.1, 0.15) is 380 Å². The Morgan fingerprint density at radius 1 is 0.259 bits per heavy atom. The fraction of sp³-hybridized carbons (Fsp3) is 0.827. The van der Waals surface area contributed by atoms with Crippen LogP contribution < -0.4 is 0 Å². The Morgan fingerprint density at radius 2 is 0.481 bits per heavy atom. The summed E-state index contributed by atoms with van der Waals surface area (Å²) in [5, 5.41) is 0. The largest absolute Gasteiger partial charge is 0.462 e. The zero-order valence-corrected chi connectivity index (χ0v) is 54.3. The Kier molecular flexibility index (Phi) is 67.1. The van der Waals surface area contributed by atoms with Crippen LogP contribution in [0, 0.1) is 0 Å². The molecule has 0 N–H and O–H groups in total. The third kappa shape index (κ3) is 67.8. The first-order valence-corrected chi connectivity index (χ1v) is 35.8. The first-order chi connectivity index (χ1) is 40.0. The highest BCUT2D eigenvalue weighted by Gasteiger charge is 2.19. The number of carbonyl (C=O) groups is 3. The molecule has 81 heavy (non-hydrogen) atoms. The van der Waals surface area contributed by atoms with Gasteiger partial charge in [-0.2, -0.15) is 0 Å². The van der Waals surface area contributed by atoms with E-state index in [1.54, 1.807) is 0 Å². The van der Waals surface area contributed by atoms with Crippen LogP contribution in [0.15, 0.2) is 60.8 Å². The zero-order chi connectivity index (χ0) is 58.5. The van der Waals surface area contributed by atoms with E-state index in [0.29, 0.717) is 19.3 Å². The molecule has 0 saturated carbocycles. The lowest BCUT2D eigenvalue weighted by atomic mass is 10.0. The smallest absolute Gasteiger partial charge is 0.306 e. The van der Waals surface area contributed by atoms with Gasteiger partial charge >= 0.3 is 17.9 Å². The lowest BCUT2D eigenvalue weighted by Crippen LogP contribution is -2.30. The summed E-state index contributed by atoms with van der Waals surface area (Å²) in [5.74, 6) is -0.839. The maximum absolute atomic E-state index is 13.0. The quantitative estimate of drug-likeness (QED) is 0.0261. The molecule has 0 saturated heterocycles. The lowest BCUT2D eigenvalue weighted by Gasteiger charge is -2.18. The molecule has 1 unspecified atom stereocenters. The molecule has 0 aliphatic heterocycles. The van der Waals surface area contributed by atoms with Crippen molar-refractivity contribution in [1.82, 2.24) is 0 Å². The Morgan fingerprint density at radius 3 is 0.753 bits per heavy atom. The molecular formula is C75H136O6. The maximum atomic E-state index is 13.0. The number of unbranched alkanes of at least 4 members (excludes halogenated alkanes) is 45. The Bertz CT molecular complexity index is 1440. The number of rotatable bonds is 66. The third-order valence-electron chi connectivity index (χ3n) is 16.0. The molecule has 0 bridgehead atoms. The molecule has 0 aromatic heterocycles. The molecule has 1 atom stereocenters. The van der Waals surface area contributed by atoms with Gasteiger partial charge in [0, 0.05) is 19.3 Å². The van der Waals surface area contributed by atoms with Gasteiger partial charge in [0.1, 0.15) is 13.2 Å². The van der Waals surface area contributed by atoms with Crippen molar-refractivity contribution in [2.75, 3.05) is 13.2 Å². The summed E-state index contributed by atoms with van der Waals surface area (Å²) in [7, 11) is 0. The molecule has 0 heterocycles. The number of carbonyl (C=O) groups excluding carboxylic acids is 3. The molecule has 0 spiro atoms. The van der Waals surface area contributed by atoms with Gasteiger partial charge in [0.15, 0.2) is 6.10 Å². The van der Waals surface area contributed by atoms with E-state index in [-0.39, 0.29) is 31.1 Å². The summed E-state index contributed by atoms with van der Waals surface area (Å²) in [5.41, 5.74) is 0. The summed E-state index contributed by atoms with van der Waals surface area (Å²) < 4.78 is 17.0. The van der Waals surface area contributed by atoms with Crippen molar-refractivity contribution in [3.8, 4) is 0 Å². The van der Waals surface area contributed by atoms with Crippen molar-refractivity contribution in [2.24, 2.45) is 0 Å². The van der Waals surface area contributed by atoms with Gasteiger partial charge in [-0.05, 0) is 64.2 Å². The topological polar surface area (TPSA) is 78.9 Å². The molecule has 6 nitrogen and oxygen atoms in total. The molecule has 0 amide bonds. The van der Waals surface area contributed by atoms with Gasteiger partial charge in [0.25, 0.3) is 0 Å². The monoisotopic (exact) mass is 1130 g/mol. The Labute approximate surface area is 504 Å². The minimum Gasteiger partial charge on any atom is -0.462 e. The van der Waals surface area contributed by atoms with E-state index in [1.807, 2.05) is 0 Å². The average molecular weight is 1130 g/mol. The van der Waals surface area contributed by atoms with Crippen LogP contribution in [0.3, 0.4) is 0 Å². The van der Waals surface area contributed by atoms with Crippen LogP contribution in [0.5, 0.6) is 0 Å². The van der Waals surface area contributed by atoms with Gasteiger partial charge in [-0.25, -0.2) is 0 Å². The van der Waals surface area contributed by atoms with Gasteiger partial charge in [-0.15, -0.1) is 0 Å². The number of ether oxygens (including phenoxy) is 3. The van der Waals surface area contributed by atoms with E-state index in [2.05, 4.69) is 81.5 Å². The van der Waals surface area contributed by atoms with E-state index < -0.39 is 6.10 Å². The minimum atomic E-state index is -0.771. The molecule has 0 aliphatic carbocycles. The number of esters is 3. The molecule has 0 radical (unpaired) electrons. The normalized spacial score (nSPS) is 12.4. The van der Waals surface area contributed by atoms with Gasteiger partial charge in [0.2, 0.25) is 0 Å². The van der Waals surface area contributed by atoms with E-state index in [9.17, 15) is 14.4 Å². The zero-order valence-electron chi connectivity index (χ0n) is 54.3. The number of hydrogen-bond acceptors (Lipinski definition) is 6. The SMILES string of the molecule is CC/C=C\C/C=C\C/C=C\C/C=C\C/C=C\CCCCCCCCCCCCCCCC(=O)OCC(COC(=O)CCCCCCCCCCCCCCCCCC)OC(=O)CCCCCCCCCCCCCCCCCCCC. The fourth-order valence-electron chi connectivity index (χ4n) is 10.7. The second kappa shape index (κ2) is 69.6. The van der Waals surface area contributed by atoms with Crippen LogP contribution in [-0.2, 0) is 28.6 Å². The van der Waals surface area contributed by atoms with E-state index >= 15 is 0 Å². The minimum absolute atomic E-state index is 0.0672. The molecule has 472 valence electrons. The second-order valence-electron chi connectivity index (χ2n) is 24.1. The summed E-state index contributed by atoms with van der Waals surface area (Å²) in [6, 6.07) is 0. The molecule has 0 aliphatic rings. The summed E-state index contributed by atoms with van der Waals surface area (Å²) in [4.78, 5) is 38.5. The predicted octanol–water partition coefficient (Wildman–Crippen LogP) is 24.7. The summed E-state index contributed by atoms with van der Waals surface area (Å²) in [6.07, 6.45) is 89.6. The highest BCUT2D eigenvalue weighted by atomic mass is 16.6. The maximum Gasteiger partial charge on any atom is 0.306 e. The highest BCUT2D eigenvalue weighted by molar-refractivity contribution is 5.71. The van der Waals surface area contributed by atoms with Crippen molar-refractivity contribution in [1.29, 1.82) is 0 Å². The third-order valence-corrected chi connectivity index (χ3v) is 16.0.